The lowest BCUT2D eigenvalue weighted by atomic mass is 10.2. The maximum atomic E-state index is 12.2. The lowest BCUT2D eigenvalue weighted by Gasteiger charge is -2.29. The van der Waals surface area contributed by atoms with Gasteiger partial charge in [-0.25, -0.2) is 0 Å². The molecule has 1 aliphatic heterocycles. The van der Waals surface area contributed by atoms with E-state index >= 15 is 0 Å². The van der Waals surface area contributed by atoms with Gasteiger partial charge < -0.3 is 20.1 Å². The van der Waals surface area contributed by atoms with Crippen LogP contribution < -0.4 is 5.32 Å². The Balaban J connectivity index is 1.96. The van der Waals surface area contributed by atoms with E-state index in [0.717, 1.165) is 11.3 Å². The van der Waals surface area contributed by atoms with Crippen LogP contribution in [0, 0.1) is 0 Å². The van der Waals surface area contributed by atoms with E-state index in [-0.39, 0.29) is 0 Å². The van der Waals surface area contributed by atoms with Gasteiger partial charge in [0.1, 0.15) is 6.04 Å². The molecule has 0 spiro atoms. The van der Waals surface area contributed by atoms with Crippen molar-refractivity contribution >= 4 is 28.9 Å². The molecule has 114 valence electrons. The van der Waals surface area contributed by atoms with E-state index in [9.17, 15) is 19.5 Å². The molecule has 2 amide bonds. The quantitative estimate of drug-likeness (QED) is 0.552. The van der Waals surface area contributed by atoms with Gasteiger partial charge in [0.25, 0.3) is 11.7 Å². The van der Waals surface area contributed by atoms with Gasteiger partial charge in [-0.2, -0.15) is 0 Å². The maximum absolute atomic E-state index is 12.2. The van der Waals surface area contributed by atoms with Crippen molar-refractivity contribution in [1.82, 2.24) is 10.2 Å². The van der Waals surface area contributed by atoms with Crippen LogP contribution in [-0.4, -0.2) is 66.6 Å². The lowest BCUT2D eigenvalue weighted by Crippen LogP contribution is -2.54. The first-order valence-corrected chi connectivity index (χ1v) is 7.37. The third kappa shape index (κ3) is 3.87. The molecular formula is C13H16N2O5S. The molecule has 1 aliphatic rings. The van der Waals surface area contributed by atoms with Gasteiger partial charge in [0.15, 0.2) is 0 Å². The molecule has 0 aromatic carbocycles. The smallest absolute Gasteiger partial charge is 0.293 e. The maximum Gasteiger partial charge on any atom is 0.293 e. The highest BCUT2D eigenvalue weighted by atomic mass is 32.1. The second kappa shape index (κ2) is 7.30. The summed E-state index contributed by atoms with van der Waals surface area (Å²) in [5.41, 5.74) is 0. The van der Waals surface area contributed by atoms with Gasteiger partial charge in [-0.1, -0.05) is 6.07 Å². The van der Waals surface area contributed by atoms with Crippen molar-refractivity contribution < 1.29 is 24.2 Å². The molecule has 1 saturated heterocycles. The zero-order valence-electron chi connectivity index (χ0n) is 11.3. The van der Waals surface area contributed by atoms with Crippen molar-refractivity contribution in [3.63, 3.8) is 0 Å². The molecule has 0 bridgehead atoms. The number of carbonyl (C=O) groups excluding carboxylic acids is 3. The number of amides is 2. The van der Waals surface area contributed by atoms with E-state index in [1.807, 2.05) is 0 Å². The fourth-order valence-electron chi connectivity index (χ4n) is 1.93. The van der Waals surface area contributed by atoms with Crippen molar-refractivity contribution in [2.75, 3.05) is 32.9 Å². The van der Waals surface area contributed by atoms with Crippen LogP contribution in [0.3, 0.4) is 0 Å². The highest BCUT2D eigenvalue weighted by molar-refractivity contribution is 7.13. The summed E-state index contributed by atoms with van der Waals surface area (Å²) in [6.07, 6.45) is 0. The minimum atomic E-state index is -1.11. The molecule has 1 atom stereocenters. The summed E-state index contributed by atoms with van der Waals surface area (Å²) in [5, 5.41) is 13.3. The van der Waals surface area contributed by atoms with Crippen LogP contribution in [0.2, 0.25) is 0 Å². The summed E-state index contributed by atoms with van der Waals surface area (Å²) >= 11 is 1.15. The van der Waals surface area contributed by atoms with E-state index in [1.165, 1.54) is 11.0 Å². The molecule has 1 fully saturated rings. The second-order valence-electron chi connectivity index (χ2n) is 4.45. The van der Waals surface area contributed by atoms with Gasteiger partial charge >= 0.3 is 0 Å². The third-order valence-electron chi connectivity index (χ3n) is 3.06. The number of rotatable bonds is 5. The number of hydrogen-bond acceptors (Lipinski definition) is 6. The van der Waals surface area contributed by atoms with Gasteiger partial charge in [-0.3, -0.25) is 14.4 Å². The number of ether oxygens (including phenoxy) is 1. The second-order valence-corrected chi connectivity index (χ2v) is 5.40. The number of ketones is 1. The van der Waals surface area contributed by atoms with E-state index in [4.69, 9.17) is 4.74 Å². The van der Waals surface area contributed by atoms with Crippen molar-refractivity contribution in [1.29, 1.82) is 0 Å². The van der Waals surface area contributed by atoms with Crippen LogP contribution in [0.1, 0.15) is 9.67 Å². The van der Waals surface area contributed by atoms with Gasteiger partial charge in [0, 0.05) is 13.1 Å². The number of Topliss-reactive ketones (excluding diaryl/α,β-unsaturated/α-hetero) is 1. The Morgan fingerprint density at radius 1 is 1.38 bits per heavy atom. The predicted octanol–water partition coefficient (Wildman–Crippen LogP) is -0.733. The van der Waals surface area contributed by atoms with Crippen molar-refractivity contribution in [2.24, 2.45) is 0 Å². The highest BCUT2D eigenvalue weighted by Gasteiger charge is 2.29. The van der Waals surface area contributed by atoms with Crippen LogP contribution >= 0.6 is 11.3 Å². The number of thiophene rings is 1. The monoisotopic (exact) mass is 312 g/mol. The van der Waals surface area contributed by atoms with Crippen LogP contribution in [0.15, 0.2) is 17.5 Å². The number of aliphatic hydroxyl groups excluding tert-OH is 1. The first-order chi connectivity index (χ1) is 10.1. The molecule has 8 heteroatoms. The molecule has 21 heavy (non-hydrogen) atoms. The molecule has 0 saturated carbocycles. The summed E-state index contributed by atoms with van der Waals surface area (Å²) in [6.45, 7) is 1.10. The van der Waals surface area contributed by atoms with Gasteiger partial charge in [-0.15, -0.1) is 11.3 Å². The van der Waals surface area contributed by atoms with Crippen molar-refractivity contribution in [3.05, 3.63) is 22.4 Å². The molecule has 2 N–H and O–H groups in total. The van der Waals surface area contributed by atoms with Gasteiger partial charge in [-0.05, 0) is 11.4 Å². The lowest BCUT2D eigenvalue weighted by molar-refractivity contribution is -0.140. The van der Waals surface area contributed by atoms with Crippen LogP contribution in [0.4, 0.5) is 0 Å². The summed E-state index contributed by atoms with van der Waals surface area (Å²) in [5.74, 6) is -2.01. The molecule has 0 unspecified atom stereocenters. The standard InChI is InChI=1S/C13H16N2O5S/c16-8-9(13(19)15-3-5-20-6-4-15)14-12(18)11(17)10-2-1-7-21-10/h1-2,7,9,16H,3-6,8H2,(H,14,18)/t9-/m0/s1. The normalized spacial score (nSPS) is 16.3. The first-order valence-electron chi connectivity index (χ1n) is 6.49. The summed E-state index contributed by atoms with van der Waals surface area (Å²) in [6, 6.07) is 2.08. The van der Waals surface area contributed by atoms with Gasteiger partial charge in [0.2, 0.25) is 5.91 Å². The summed E-state index contributed by atoms with van der Waals surface area (Å²) in [7, 11) is 0. The fourth-order valence-corrected chi connectivity index (χ4v) is 2.59. The Morgan fingerprint density at radius 3 is 2.67 bits per heavy atom. The van der Waals surface area contributed by atoms with Crippen molar-refractivity contribution in [3.8, 4) is 0 Å². The zero-order chi connectivity index (χ0) is 15.2. The van der Waals surface area contributed by atoms with Crippen LogP contribution in [-0.2, 0) is 14.3 Å². The molecule has 7 nitrogen and oxygen atoms in total. The Labute approximate surface area is 125 Å². The van der Waals surface area contributed by atoms with E-state index in [1.54, 1.807) is 11.4 Å². The molecule has 1 aromatic heterocycles. The molecule has 1 aromatic rings. The summed E-state index contributed by atoms with van der Waals surface area (Å²) < 4.78 is 5.14. The van der Waals surface area contributed by atoms with E-state index < -0.39 is 30.2 Å². The average molecular weight is 312 g/mol. The number of nitrogens with zero attached hydrogens (tertiary/aromatic N) is 1. The molecule has 0 aliphatic carbocycles. The first kappa shape index (κ1) is 15.6. The molecule has 2 heterocycles. The molecule has 2 rings (SSSR count). The largest absolute Gasteiger partial charge is 0.394 e. The van der Waals surface area contributed by atoms with Crippen LogP contribution in [0.5, 0.6) is 0 Å². The SMILES string of the molecule is O=C(N[C@@H](CO)C(=O)N1CCOCC1)C(=O)c1cccs1. The Kier molecular flexibility index (Phi) is 5.43. The minimum Gasteiger partial charge on any atom is -0.394 e. The Morgan fingerprint density at radius 2 is 2.10 bits per heavy atom. The third-order valence-corrected chi connectivity index (χ3v) is 3.93. The topological polar surface area (TPSA) is 95.9 Å². The predicted molar refractivity (Wildman–Crippen MR) is 75.1 cm³/mol. The Bertz CT molecular complexity index is 511. The average Bonchev–Trinajstić information content (AvgIpc) is 3.06. The van der Waals surface area contributed by atoms with E-state index in [0.29, 0.717) is 31.2 Å². The minimum absolute atomic E-state index is 0.294. The van der Waals surface area contributed by atoms with Crippen LogP contribution in [0.25, 0.3) is 0 Å². The van der Waals surface area contributed by atoms with Crippen molar-refractivity contribution in [2.45, 2.75) is 6.04 Å². The number of aliphatic hydroxyl groups is 1. The number of hydrogen-bond donors (Lipinski definition) is 2. The zero-order valence-corrected chi connectivity index (χ0v) is 12.1. The number of morpholine rings is 1. The number of nitrogens with one attached hydrogen (secondary N) is 1. The molecule has 0 radical (unpaired) electrons. The fraction of sp³-hybridized carbons (Fsp3) is 0.462. The van der Waals surface area contributed by atoms with Gasteiger partial charge in [0.05, 0.1) is 24.7 Å². The number of carbonyl (C=O) groups is 3. The Hall–Kier alpha value is -1.77. The summed E-state index contributed by atoms with van der Waals surface area (Å²) in [4.78, 5) is 37.6. The molecular weight excluding hydrogens is 296 g/mol. The van der Waals surface area contributed by atoms with E-state index in [2.05, 4.69) is 5.32 Å². The highest BCUT2D eigenvalue weighted by Crippen LogP contribution is 2.09.